The summed E-state index contributed by atoms with van der Waals surface area (Å²) in [5.41, 5.74) is 4.80. The largest absolute Gasteiger partial charge is 0.276 e. The first kappa shape index (κ1) is 20.0. The molecule has 3 aromatic rings. The van der Waals surface area contributed by atoms with E-state index < -0.39 is 0 Å². The van der Waals surface area contributed by atoms with E-state index in [4.69, 9.17) is 4.99 Å². The summed E-state index contributed by atoms with van der Waals surface area (Å²) >= 11 is 1.88. The van der Waals surface area contributed by atoms with E-state index in [2.05, 4.69) is 58.9 Å². The zero-order valence-electron chi connectivity index (χ0n) is 17.7. The van der Waals surface area contributed by atoms with Crippen LogP contribution in [-0.4, -0.2) is 20.5 Å². The van der Waals surface area contributed by atoms with Gasteiger partial charge in [-0.25, -0.2) is 0 Å². The lowest BCUT2D eigenvalue weighted by Crippen LogP contribution is -2.06. The minimum Gasteiger partial charge on any atom is -0.276 e. The van der Waals surface area contributed by atoms with Gasteiger partial charge >= 0.3 is 0 Å². The molecule has 5 heteroatoms. The number of fused-ring (bicyclic) bond motifs is 3. The molecule has 0 atom stereocenters. The fourth-order valence-corrected chi connectivity index (χ4v) is 5.31. The molecule has 2 aromatic heterocycles. The topological polar surface area (TPSA) is 43.1 Å². The van der Waals surface area contributed by atoms with Gasteiger partial charge in [-0.2, -0.15) is 0 Å². The SMILES string of the molecule is CCCCCCCCc1cc2c(s1)-n1c(C)nnc1CN=C2c1ccccc1C. The number of unbranched alkanes of at least 4 members (excludes halogenated alkanes) is 5. The van der Waals surface area contributed by atoms with Crippen molar-refractivity contribution in [3.05, 3.63) is 63.5 Å². The van der Waals surface area contributed by atoms with Crippen molar-refractivity contribution in [3.8, 4) is 5.00 Å². The van der Waals surface area contributed by atoms with Gasteiger partial charge in [-0.05, 0) is 38.3 Å². The third-order valence-corrected chi connectivity index (χ3v) is 6.85. The van der Waals surface area contributed by atoms with Crippen molar-refractivity contribution in [1.82, 2.24) is 14.8 Å². The van der Waals surface area contributed by atoms with Crippen LogP contribution in [0.2, 0.25) is 0 Å². The molecule has 1 aliphatic heterocycles. The first-order valence-electron chi connectivity index (χ1n) is 10.8. The lowest BCUT2D eigenvalue weighted by molar-refractivity contribution is 0.609. The zero-order chi connectivity index (χ0) is 20.2. The highest BCUT2D eigenvalue weighted by molar-refractivity contribution is 7.15. The van der Waals surface area contributed by atoms with E-state index in [1.54, 1.807) is 0 Å². The Morgan fingerprint density at radius 2 is 1.76 bits per heavy atom. The number of hydrogen-bond donors (Lipinski definition) is 0. The van der Waals surface area contributed by atoms with Crippen molar-refractivity contribution in [1.29, 1.82) is 0 Å². The van der Waals surface area contributed by atoms with Gasteiger partial charge < -0.3 is 0 Å². The fourth-order valence-electron chi connectivity index (χ4n) is 4.05. The standard InChI is InChI=1S/C24H30N4S/c1-4-5-6-7-8-9-13-19-15-21-23(20-14-11-10-12-17(20)2)25-16-22-27-26-18(3)28(22)24(21)29-19/h10-12,14-15H,4-9,13,16H2,1-3H3. The zero-order valence-corrected chi connectivity index (χ0v) is 18.6. The summed E-state index contributed by atoms with van der Waals surface area (Å²) in [7, 11) is 0. The molecule has 0 amide bonds. The minimum absolute atomic E-state index is 0.568. The van der Waals surface area contributed by atoms with E-state index in [1.807, 2.05) is 18.3 Å². The molecular formula is C24H30N4S. The molecule has 0 saturated heterocycles. The van der Waals surface area contributed by atoms with Gasteiger partial charge in [-0.1, -0.05) is 63.3 Å². The minimum atomic E-state index is 0.568. The van der Waals surface area contributed by atoms with Crippen LogP contribution in [0.15, 0.2) is 35.3 Å². The molecule has 0 N–H and O–H groups in total. The smallest absolute Gasteiger partial charge is 0.160 e. The Morgan fingerprint density at radius 3 is 2.59 bits per heavy atom. The molecule has 1 aromatic carbocycles. The summed E-state index contributed by atoms with van der Waals surface area (Å²) in [6.45, 7) is 7.04. The highest BCUT2D eigenvalue weighted by Crippen LogP contribution is 2.34. The van der Waals surface area contributed by atoms with Gasteiger partial charge in [0.2, 0.25) is 0 Å². The normalized spacial score (nSPS) is 13.0. The number of aliphatic imine (C=N–C) groups is 1. The van der Waals surface area contributed by atoms with Crippen LogP contribution in [0.3, 0.4) is 0 Å². The molecule has 29 heavy (non-hydrogen) atoms. The molecule has 0 bridgehead atoms. The molecule has 3 heterocycles. The van der Waals surface area contributed by atoms with E-state index in [9.17, 15) is 0 Å². The third-order valence-electron chi connectivity index (χ3n) is 5.67. The second-order valence-electron chi connectivity index (χ2n) is 7.93. The number of aromatic nitrogens is 3. The van der Waals surface area contributed by atoms with Crippen LogP contribution in [0.25, 0.3) is 5.00 Å². The monoisotopic (exact) mass is 406 g/mol. The predicted octanol–water partition coefficient (Wildman–Crippen LogP) is 6.20. The summed E-state index contributed by atoms with van der Waals surface area (Å²) in [5.74, 6) is 1.87. The van der Waals surface area contributed by atoms with E-state index in [-0.39, 0.29) is 0 Å². The lowest BCUT2D eigenvalue weighted by Gasteiger charge is -2.09. The van der Waals surface area contributed by atoms with E-state index in [0.29, 0.717) is 6.54 Å². The molecular weight excluding hydrogens is 376 g/mol. The highest BCUT2D eigenvalue weighted by Gasteiger charge is 2.24. The summed E-state index contributed by atoms with van der Waals surface area (Å²) in [6, 6.07) is 10.9. The number of hydrogen-bond acceptors (Lipinski definition) is 4. The Kier molecular flexibility index (Phi) is 6.24. The van der Waals surface area contributed by atoms with Crippen LogP contribution in [0.4, 0.5) is 0 Å². The Balaban J connectivity index is 1.65. The Labute approximate surface area is 177 Å². The van der Waals surface area contributed by atoms with Gasteiger partial charge in [0.25, 0.3) is 0 Å². The molecule has 1 aliphatic rings. The maximum atomic E-state index is 4.99. The van der Waals surface area contributed by atoms with Crippen molar-refractivity contribution < 1.29 is 0 Å². The van der Waals surface area contributed by atoms with E-state index in [0.717, 1.165) is 23.8 Å². The average molecular weight is 407 g/mol. The van der Waals surface area contributed by atoms with Crippen LogP contribution in [-0.2, 0) is 13.0 Å². The quantitative estimate of drug-likeness (QED) is 0.418. The molecule has 4 rings (SSSR count). The first-order chi connectivity index (χ1) is 14.2. The molecule has 0 unspecified atom stereocenters. The van der Waals surface area contributed by atoms with Gasteiger partial charge in [0.15, 0.2) is 5.82 Å². The van der Waals surface area contributed by atoms with Gasteiger partial charge in [0, 0.05) is 16.0 Å². The van der Waals surface area contributed by atoms with Crippen LogP contribution < -0.4 is 0 Å². The molecule has 0 fully saturated rings. The van der Waals surface area contributed by atoms with E-state index in [1.165, 1.54) is 65.1 Å². The van der Waals surface area contributed by atoms with Gasteiger partial charge in [0.05, 0.1) is 5.71 Å². The van der Waals surface area contributed by atoms with E-state index >= 15 is 0 Å². The van der Waals surface area contributed by atoms with Crippen LogP contribution >= 0.6 is 11.3 Å². The summed E-state index contributed by atoms with van der Waals surface area (Å²) in [6.07, 6.45) is 9.10. The van der Waals surface area contributed by atoms with Crippen LogP contribution in [0, 0.1) is 13.8 Å². The molecule has 0 spiro atoms. The number of aryl methyl sites for hydroxylation is 3. The van der Waals surface area contributed by atoms with Crippen molar-refractivity contribution in [2.75, 3.05) is 0 Å². The summed E-state index contributed by atoms with van der Waals surface area (Å²) in [5, 5.41) is 9.93. The van der Waals surface area contributed by atoms with Crippen molar-refractivity contribution in [2.24, 2.45) is 4.99 Å². The second kappa shape index (κ2) is 9.04. The Hall–Kier alpha value is -2.27. The van der Waals surface area contributed by atoms with Gasteiger partial charge in [-0.15, -0.1) is 21.5 Å². The molecule has 0 radical (unpaired) electrons. The third kappa shape index (κ3) is 4.20. The fraction of sp³-hybridized carbons (Fsp3) is 0.458. The molecule has 4 nitrogen and oxygen atoms in total. The number of thiophene rings is 1. The van der Waals surface area contributed by atoms with Crippen molar-refractivity contribution in [3.63, 3.8) is 0 Å². The maximum absolute atomic E-state index is 4.99. The summed E-state index contributed by atoms with van der Waals surface area (Å²) < 4.78 is 2.21. The number of nitrogens with zero attached hydrogens (tertiary/aromatic N) is 4. The average Bonchev–Trinajstić information content (AvgIpc) is 3.25. The lowest BCUT2D eigenvalue weighted by atomic mass is 9.99. The van der Waals surface area contributed by atoms with Crippen LogP contribution in [0.5, 0.6) is 0 Å². The second-order valence-corrected chi connectivity index (χ2v) is 9.04. The molecule has 0 saturated carbocycles. The number of benzene rings is 1. The molecule has 152 valence electrons. The van der Waals surface area contributed by atoms with Gasteiger partial charge in [0.1, 0.15) is 17.4 Å². The predicted molar refractivity (Wildman–Crippen MR) is 122 cm³/mol. The highest BCUT2D eigenvalue weighted by atomic mass is 32.1. The Bertz CT molecular complexity index is 1010. The van der Waals surface area contributed by atoms with Crippen molar-refractivity contribution in [2.45, 2.75) is 72.3 Å². The number of rotatable bonds is 8. The maximum Gasteiger partial charge on any atom is 0.160 e. The molecule has 0 aliphatic carbocycles. The first-order valence-corrected chi connectivity index (χ1v) is 11.7. The van der Waals surface area contributed by atoms with Crippen LogP contribution in [0.1, 0.15) is 78.7 Å². The summed E-state index contributed by atoms with van der Waals surface area (Å²) in [4.78, 5) is 6.43. The Morgan fingerprint density at radius 1 is 0.966 bits per heavy atom. The van der Waals surface area contributed by atoms with Crippen molar-refractivity contribution >= 4 is 17.0 Å². The van der Waals surface area contributed by atoms with Gasteiger partial charge in [-0.3, -0.25) is 9.56 Å².